The smallest absolute Gasteiger partial charge is 0.407 e. The minimum Gasteiger partial charge on any atom is -0.481 e. The molecule has 12 nitrogen and oxygen atoms in total. The van der Waals surface area contributed by atoms with E-state index in [1.54, 1.807) is 20.8 Å². The summed E-state index contributed by atoms with van der Waals surface area (Å²) >= 11 is 0. The van der Waals surface area contributed by atoms with Crippen LogP contribution < -0.4 is 10.1 Å². The van der Waals surface area contributed by atoms with Crippen LogP contribution in [0.2, 0.25) is 0 Å². The summed E-state index contributed by atoms with van der Waals surface area (Å²) in [6, 6.07) is 2.71. The van der Waals surface area contributed by atoms with Crippen LogP contribution in [-0.4, -0.2) is 59.0 Å². The zero-order valence-corrected chi connectivity index (χ0v) is 18.4. The molecule has 2 heterocycles. The maximum Gasteiger partial charge on any atom is 0.407 e. The number of alkyl carbamates (subject to hydrolysis) is 1. The Morgan fingerprint density at radius 2 is 1.91 bits per heavy atom. The maximum absolute atomic E-state index is 14.5. The van der Waals surface area contributed by atoms with Gasteiger partial charge in [0.25, 0.3) is 0 Å². The molecule has 1 aromatic carbocycles. The maximum atomic E-state index is 14.5. The van der Waals surface area contributed by atoms with Crippen molar-refractivity contribution < 1.29 is 33.0 Å². The molecule has 0 bridgehead atoms. The topological polar surface area (TPSA) is 154 Å². The standard InChI is InChI=1S/C20H21F2N7O5/c1-20(2,3)34-19(32)25-13(7-16(30)31)10-29-27-17(26-28-29)11-4-5-15(14(22)6-11)33-18-23-8-12(21)9-24-18/h4-6,8-9,13H,7,10H2,1-3H3,(H,25,32)(H,30,31). The van der Waals surface area contributed by atoms with E-state index in [0.29, 0.717) is 0 Å². The second kappa shape index (κ2) is 10.1. The predicted molar refractivity (Wildman–Crippen MR) is 111 cm³/mol. The van der Waals surface area contributed by atoms with Crippen molar-refractivity contribution in [3.8, 4) is 23.1 Å². The summed E-state index contributed by atoms with van der Waals surface area (Å²) in [5.41, 5.74) is -0.509. The molecule has 3 aromatic rings. The highest BCUT2D eigenvalue weighted by molar-refractivity contribution is 5.71. The molecule has 2 N–H and O–H groups in total. The summed E-state index contributed by atoms with van der Waals surface area (Å²) in [6.07, 6.45) is 0.558. The third-order valence-electron chi connectivity index (χ3n) is 3.97. The largest absolute Gasteiger partial charge is 0.481 e. The molecule has 0 radical (unpaired) electrons. The van der Waals surface area contributed by atoms with E-state index in [4.69, 9.17) is 14.6 Å². The number of amides is 1. The SMILES string of the molecule is CC(C)(C)OC(=O)NC(CC(=O)O)Cn1nnc(-c2ccc(Oc3ncc(F)cn3)c(F)c2)n1. The Morgan fingerprint density at radius 1 is 1.21 bits per heavy atom. The molecule has 0 aliphatic heterocycles. The number of tetrazole rings is 1. The number of carbonyl (C=O) groups excluding carboxylic acids is 1. The molecule has 0 spiro atoms. The number of carboxylic acid groups (broad SMARTS) is 1. The van der Waals surface area contributed by atoms with Gasteiger partial charge in [-0.2, -0.15) is 4.80 Å². The molecular weight excluding hydrogens is 456 g/mol. The number of halogens is 2. The molecule has 180 valence electrons. The zero-order chi connectivity index (χ0) is 24.9. The molecule has 0 fully saturated rings. The van der Waals surface area contributed by atoms with Gasteiger partial charge >= 0.3 is 18.1 Å². The quantitative estimate of drug-likeness (QED) is 0.495. The average Bonchev–Trinajstić information content (AvgIpc) is 3.17. The average molecular weight is 477 g/mol. The summed E-state index contributed by atoms with van der Waals surface area (Å²) in [5.74, 6) is -2.74. The summed E-state index contributed by atoms with van der Waals surface area (Å²) in [6.45, 7) is 4.90. The number of aromatic nitrogens is 6. The lowest BCUT2D eigenvalue weighted by Gasteiger charge is -2.22. The number of ether oxygens (including phenoxy) is 2. The molecule has 0 aliphatic rings. The highest BCUT2D eigenvalue weighted by Gasteiger charge is 2.23. The van der Waals surface area contributed by atoms with Crippen LogP contribution in [0.1, 0.15) is 27.2 Å². The Balaban J connectivity index is 1.70. The van der Waals surface area contributed by atoms with Crippen molar-refractivity contribution in [2.45, 2.75) is 45.4 Å². The van der Waals surface area contributed by atoms with Crippen molar-refractivity contribution in [3.05, 3.63) is 42.2 Å². The fourth-order valence-electron chi connectivity index (χ4n) is 2.65. The van der Waals surface area contributed by atoms with Crippen LogP contribution in [0.5, 0.6) is 11.8 Å². The summed E-state index contributed by atoms with van der Waals surface area (Å²) in [5, 5.41) is 23.4. The number of rotatable bonds is 8. The zero-order valence-electron chi connectivity index (χ0n) is 18.4. The van der Waals surface area contributed by atoms with Crippen molar-refractivity contribution in [1.82, 2.24) is 35.5 Å². The lowest BCUT2D eigenvalue weighted by Crippen LogP contribution is -2.42. The van der Waals surface area contributed by atoms with E-state index in [1.165, 1.54) is 12.1 Å². The van der Waals surface area contributed by atoms with Gasteiger partial charge in [0.15, 0.2) is 17.4 Å². The summed E-state index contributed by atoms with van der Waals surface area (Å²) < 4.78 is 37.7. The van der Waals surface area contributed by atoms with Gasteiger partial charge in [-0.25, -0.2) is 23.5 Å². The first-order chi connectivity index (χ1) is 16.0. The summed E-state index contributed by atoms with van der Waals surface area (Å²) in [7, 11) is 0. The third-order valence-corrected chi connectivity index (χ3v) is 3.97. The van der Waals surface area contributed by atoms with Gasteiger partial charge in [0.1, 0.15) is 5.60 Å². The van der Waals surface area contributed by atoms with Gasteiger partial charge in [-0.05, 0) is 44.2 Å². The lowest BCUT2D eigenvalue weighted by atomic mass is 10.2. The van der Waals surface area contributed by atoms with E-state index < -0.39 is 41.8 Å². The number of aliphatic carboxylic acids is 1. The van der Waals surface area contributed by atoms with E-state index in [-0.39, 0.29) is 29.7 Å². The molecule has 1 atom stereocenters. The second-order valence-electron chi connectivity index (χ2n) is 8.04. The molecule has 0 saturated carbocycles. The van der Waals surface area contributed by atoms with Gasteiger partial charge in [-0.3, -0.25) is 4.79 Å². The molecule has 0 saturated heterocycles. The van der Waals surface area contributed by atoms with Crippen LogP contribution in [0, 0.1) is 11.6 Å². The Bertz CT molecular complexity index is 1160. The minimum absolute atomic E-state index is 0.0508. The first-order valence-electron chi connectivity index (χ1n) is 9.93. The van der Waals surface area contributed by atoms with Gasteiger partial charge in [-0.1, -0.05) is 0 Å². The number of carboxylic acids is 1. The normalized spacial score (nSPS) is 12.1. The number of carbonyl (C=O) groups is 2. The third kappa shape index (κ3) is 7.15. The van der Waals surface area contributed by atoms with Gasteiger partial charge in [0, 0.05) is 5.56 Å². The Morgan fingerprint density at radius 3 is 2.53 bits per heavy atom. The van der Waals surface area contributed by atoms with Gasteiger partial charge in [0.2, 0.25) is 5.82 Å². The first kappa shape index (κ1) is 24.4. The highest BCUT2D eigenvalue weighted by atomic mass is 19.1. The number of nitrogens with zero attached hydrogens (tertiary/aromatic N) is 6. The lowest BCUT2D eigenvalue weighted by molar-refractivity contribution is -0.137. The number of hydrogen-bond donors (Lipinski definition) is 2. The minimum atomic E-state index is -1.15. The Hall–Kier alpha value is -4.23. The van der Waals surface area contributed by atoms with Crippen LogP contribution >= 0.6 is 0 Å². The van der Waals surface area contributed by atoms with Gasteiger partial charge in [-0.15, -0.1) is 10.2 Å². The van der Waals surface area contributed by atoms with Crippen molar-refractivity contribution in [3.63, 3.8) is 0 Å². The Labute approximate surface area is 191 Å². The van der Waals surface area contributed by atoms with Gasteiger partial charge < -0.3 is 19.9 Å². The van der Waals surface area contributed by atoms with E-state index in [0.717, 1.165) is 23.3 Å². The number of nitrogens with one attached hydrogen (secondary N) is 1. The molecule has 1 unspecified atom stereocenters. The van der Waals surface area contributed by atoms with E-state index in [9.17, 15) is 18.4 Å². The molecule has 2 aromatic heterocycles. The number of hydrogen-bond acceptors (Lipinski definition) is 9. The first-order valence-corrected chi connectivity index (χ1v) is 9.93. The van der Waals surface area contributed by atoms with E-state index in [2.05, 4.69) is 30.7 Å². The molecule has 14 heteroatoms. The van der Waals surface area contributed by atoms with Crippen LogP contribution in [-0.2, 0) is 16.1 Å². The van der Waals surface area contributed by atoms with Crippen LogP contribution in [0.15, 0.2) is 30.6 Å². The second-order valence-corrected chi connectivity index (χ2v) is 8.04. The van der Waals surface area contributed by atoms with Crippen LogP contribution in [0.25, 0.3) is 11.4 Å². The van der Waals surface area contributed by atoms with Crippen molar-refractivity contribution in [1.29, 1.82) is 0 Å². The Kier molecular flexibility index (Phi) is 7.28. The van der Waals surface area contributed by atoms with E-state index in [1.807, 2.05) is 0 Å². The van der Waals surface area contributed by atoms with E-state index >= 15 is 0 Å². The molecule has 34 heavy (non-hydrogen) atoms. The molecular formula is C20H21F2N7O5. The van der Waals surface area contributed by atoms with Gasteiger partial charge in [0.05, 0.1) is 31.4 Å². The number of benzene rings is 1. The molecule has 0 aliphatic carbocycles. The molecule has 3 rings (SSSR count). The highest BCUT2D eigenvalue weighted by Crippen LogP contribution is 2.26. The van der Waals surface area contributed by atoms with Crippen molar-refractivity contribution >= 4 is 12.1 Å². The predicted octanol–water partition coefficient (Wildman–Crippen LogP) is 2.57. The fraction of sp³-hybridized carbons (Fsp3) is 0.350. The fourth-order valence-corrected chi connectivity index (χ4v) is 2.65. The van der Waals surface area contributed by atoms with Crippen molar-refractivity contribution in [2.75, 3.05) is 0 Å². The van der Waals surface area contributed by atoms with Crippen molar-refractivity contribution in [2.24, 2.45) is 0 Å². The summed E-state index contributed by atoms with van der Waals surface area (Å²) in [4.78, 5) is 31.4. The molecule has 1 amide bonds. The van der Waals surface area contributed by atoms with Crippen LogP contribution in [0.4, 0.5) is 13.6 Å². The monoisotopic (exact) mass is 477 g/mol. The van der Waals surface area contributed by atoms with Crippen LogP contribution in [0.3, 0.4) is 0 Å².